The maximum Gasteiger partial charge on any atom is 0.286 e. The minimum absolute atomic E-state index is 0.0384. The van der Waals surface area contributed by atoms with Crippen LogP contribution < -0.4 is 11.2 Å². The number of rotatable bonds is 3. The molecule has 0 aromatic rings. The third-order valence-corrected chi connectivity index (χ3v) is 1.72. The molecule has 0 aliphatic heterocycles. The summed E-state index contributed by atoms with van der Waals surface area (Å²) in [5, 5.41) is 8.05. The lowest BCUT2D eigenvalue weighted by molar-refractivity contribution is -0.122. The zero-order chi connectivity index (χ0) is 8.85. The van der Waals surface area contributed by atoms with Crippen molar-refractivity contribution >= 4 is 21.1 Å². The number of carbonyl (C=O) groups excluding carboxylic acids is 1. The molecule has 0 saturated heterocycles. The zero-order valence-corrected chi connectivity index (χ0v) is 6.39. The second kappa shape index (κ2) is 4.83. The van der Waals surface area contributed by atoms with Gasteiger partial charge < -0.3 is 5.73 Å². The smallest absolute Gasteiger partial charge is 0.286 e. The SMILES string of the molecule is NCCC(C(=O)NO)=S(=O)=O. The highest BCUT2D eigenvalue weighted by atomic mass is 32.2. The van der Waals surface area contributed by atoms with Crippen molar-refractivity contribution in [1.29, 1.82) is 0 Å². The molecule has 0 rings (SSSR count). The van der Waals surface area contributed by atoms with Gasteiger partial charge in [-0.1, -0.05) is 0 Å². The van der Waals surface area contributed by atoms with Crippen molar-refractivity contribution in [1.82, 2.24) is 5.48 Å². The average Bonchev–Trinajstić information content (AvgIpc) is 1.98. The van der Waals surface area contributed by atoms with Crippen molar-refractivity contribution in [3.63, 3.8) is 0 Å². The first kappa shape index (κ1) is 10.1. The summed E-state index contributed by atoms with van der Waals surface area (Å²) >= 11 is 0. The maximum atomic E-state index is 10.5. The van der Waals surface area contributed by atoms with Gasteiger partial charge in [-0.15, -0.1) is 0 Å². The topological polar surface area (TPSA) is 109 Å². The standard InChI is InChI=1S/C4H8N2O4S/c5-2-1-3(11(9)10)4(7)6-8/h8H,1-2,5H2,(H,6,7). The van der Waals surface area contributed by atoms with Gasteiger partial charge in [-0.3, -0.25) is 10.0 Å². The van der Waals surface area contributed by atoms with E-state index < -0.39 is 21.1 Å². The monoisotopic (exact) mass is 180 g/mol. The maximum absolute atomic E-state index is 10.5. The Labute approximate surface area is 64.5 Å². The Morgan fingerprint density at radius 1 is 1.55 bits per heavy atom. The van der Waals surface area contributed by atoms with E-state index in [1.807, 2.05) is 0 Å². The summed E-state index contributed by atoms with van der Waals surface area (Å²) in [5.41, 5.74) is 6.21. The van der Waals surface area contributed by atoms with Crippen molar-refractivity contribution in [2.45, 2.75) is 6.42 Å². The van der Waals surface area contributed by atoms with Gasteiger partial charge in [0.05, 0.1) is 0 Å². The quantitative estimate of drug-likeness (QED) is 0.261. The van der Waals surface area contributed by atoms with Crippen molar-refractivity contribution in [2.24, 2.45) is 5.73 Å². The van der Waals surface area contributed by atoms with E-state index in [9.17, 15) is 13.2 Å². The molecule has 64 valence electrons. The summed E-state index contributed by atoms with van der Waals surface area (Å²) in [6, 6.07) is 0. The number of hydroxylamine groups is 1. The summed E-state index contributed by atoms with van der Waals surface area (Å²) < 4.78 is 20.5. The molecule has 0 atom stereocenters. The summed E-state index contributed by atoms with van der Waals surface area (Å²) in [4.78, 5) is 10.0. The molecule has 0 aliphatic carbocycles. The van der Waals surface area contributed by atoms with Gasteiger partial charge in [0.25, 0.3) is 5.91 Å². The van der Waals surface area contributed by atoms with E-state index in [1.165, 1.54) is 5.48 Å². The molecule has 0 unspecified atom stereocenters. The van der Waals surface area contributed by atoms with Crippen LogP contribution >= 0.6 is 0 Å². The minimum atomic E-state index is -2.62. The molecule has 7 heteroatoms. The van der Waals surface area contributed by atoms with E-state index in [-0.39, 0.29) is 13.0 Å². The van der Waals surface area contributed by atoms with Gasteiger partial charge >= 0.3 is 0 Å². The van der Waals surface area contributed by atoms with E-state index in [1.54, 1.807) is 0 Å². The van der Waals surface area contributed by atoms with Crippen molar-refractivity contribution in [3.05, 3.63) is 0 Å². The number of hydrogen-bond donors (Lipinski definition) is 3. The molecule has 11 heavy (non-hydrogen) atoms. The molecule has 0 radical (unpaired) electrons. The molecule has 0 heterocycles. The third-order valence-electron chi connectivity index (χ3n) is 0.927. The highest BCUT2D eigenvalue weighted by Gasteiger charge is 2.10. The number of hydrogen-bond acceptors (Lipinski definition) is 5. The molecule has 0 spiro atoms. The molecule has 0 aromatic heterocycles. The van der Waals surface area contributed by atoms with Crippen LogP contribution in [0.5, 0.6) is 0 Å². The summed E-state index contributed by atoms with van der Waals surface area (Å²) in [6.07, 6.45) is -0.0808. The first-order chi connectivity index (χ1) is 5.13. The molecule has 0 bridgehead atoms. The largest absolute Gasteiger partial charge is 0.330 e. The van der Waals surface area contributed by atoms with Gasteiger partial charge in [0.1, 0.15) is 4.86 Å². The Bertz CT molecular complexity index is 260. The van der Waals surface area contributed by atoms with Gasteiger partial charge in [-0.05, 0) is 6.54 Å². The van der Waals surface area contributed by atoms with Crippen LogP contribution in [0.2, 0.25) is 0 Å². The summed E-state index contributed by atoms with van der Waals surface area (Å²) in [5.74, 6) is -1.04. The van der Waals surface area contributed by atoms with Gasteiger partial charge in [-0.2, -0.15) is 8.42 Å². The minimum Gasteiger partial charge on any atom is -0.330 e. The predicted molar refractivity (Wildman–Crippen MR) is 37.5 cm³/mol. The Kier molecular flexibility index (Phi) is 4.42. The van der Waals surface area contributed by atoms with Crippen molar-refractivity contribution in [2.75, 3.05) is 6.54 Å². The van der Waals surface area contributed by atoms with E-state index in [2.05, 4.69) is 0 Å². The van der Waals surface area contributed by atoms with Gasteiger partial charge in [-0.25, -0.2) is 5.48 Å². The first-order valence-corrected chi connectivity index (χ1v) is 3.80. The number of amides is 1. The lowest BCUT2D eigenvalue weighted by Crippen LogP contribution is -2.30. The number of nitrogens with two attached hydrogens (primary N) is 1. The van der Waals surface area contributed by atoms with Gasteiger partial charge in [0.2, 0.25) is 10.3 Å². The van der Waals surface area contributed by atoms with Crippen molar-refractivity contribution < 1.29 is 18.4 Å². The highest BCUT2D eigenvalue weighted by molar-refractivity contribution is 7.74. The molecule has 0 aliphatic rings. The normalized spacial score (nSPS) is 8.91. The van der Waals surface area contributed by atoms with Crippen LogP contribution in [0.15, 0.2) is 0 Å². The fourth-order valence-electron chi connectivity index (χ4n) is 0.466. The first-order valence-electron chi connectivity index (χ1n) is 2.73. The summed E-state index contributed by atoms with van der Waals surface area (Å²) in [7, 11) is -2.62. The van der Waals surface area contributed by atoms with Gasteiger partial charge in [0.15, 0.2) is 0 Å². The third kappa shape index (κ3) is 3.12. The van der Waals surface area contributed by atoms with E-state index in [0.29, 0.717) is 0 Å². The molecule has 0 fully saturated rings. The van der Waals surface area contributed by atoms with Crippen LogP contribution in [0.3, 0.4) is 0 Å². The van der Waals surface area contributed by atoms with Crippen LogP contribution in [0.1, 0.15) is 6.42 Å². The van der Waals surface area contributed by atoms with Crippen LogP contribution in [-0.4, -0.2) is 30.9 Å². The lowest BCUT2D eigenvalue weighted by atomic mass is 10.3. The van der Waals surface area contributed by atoms with E-state index >= 15 is 0 Å². The Hall–Kier alpha value is -0.920. The van der Waals surface area contributed by atoms with Crippen LogP contribution in [0.4, 0.5) is 0 Å². The highest BCUT2D eigenvalue weighted by Crippen LogP contribution is 1.81. The number of nitrogens with one attached hydrogen (secondary N) is 1. The van der Waals surface area contributed by atoms with Crippen LogP contribution in [-0.2, 0) is 15.1 Å². The average molecular weight is 180 g/mol. The molecule has 1 amide bonds. The second-order valence-corrected chi connectivity index (χ2v) is 2.60. The molecule has 0 aromatic carbocycles. The van der Waals surface area contributed by atoms with E-state index in [4.69, 9.17) is 10.9 Å². The summed E-state index contributed by atoms with van der Waals surface area (Å²) in [6.45, 7) is 0.0384. The Balaban J connectivity index is 4.65. The predicted octanol–water partition coefficient (Wildman–Crippen LogP) is -2.11. The molecular formula is C4H8N2O4S. The van der Waals surface area contributed by atoms with E-state index in [0.717, 1.165) is 0 Å². The lowest BCUT2D eigenvalue weighted by Gasteiger charge is -1.95. The van der Waals surface area contributed by atoms with Crippen LogP contribution in [0, 0.1) is 0 Å². The Morgan fingerprint density at radius 3 is 2.36 bits per heavy atom. The van der Waals surface area contributed by atoms with Crippen LogP contribution in [0.25, 0.3) is 0 Å². The fourth-order valence-corrected chi connectivity index (χ4v) is 0.948. The zero-order valence-electron chi connectivity index (χ0n) is 5.57. The molecule has 6 nitrogen and oxygen atoms in total. The molecule has 4 N–H and O–H groups in total. The number of carbonyl (C=O) groups is 1. The van der Waals surface area contributed by atoms with Gasteiger partial charge in [0, 0.05) is 6.42 Å². The Morgan fingerprint density at radius 2 is 2.09 bits per heavy atom. The fraction of sp³-hybridized carbons (Fsp3) is 0.500. The van der Waals surface area contributed by atoms with Crippen molar-refractivity contribution in [3.8, 4) is 0 Å². The molecular weight excluding hydrogens is 172 g/mol. The second-order valence-electron chi connectivity index (χ2n) is 1.64. The molecule has 0 saturated carbocycles.